The normalized spacial score (nSPS) is 17.1. The second-order valence-electron chi connectivity index (χ2n) is 3.87. The van der Waals surface area contributed by atoms with Crippen LogP contribution in [0.4, 0.5) is 0 Å². The maximum absolute atomic E-state index is 6.15. The van der Waals surface area contributed by atoms with E-state index in [1.807, 2.05) is 29.2 Å². The third-order valence-electron chi connectivity index (χ3n) is 2.69. The van der Waals surface area contributed by atoms with Crippen molar-refractivity contribution in [2.75, 3.05) is 5.75 Å². The number of fused-ring (bicyclic) bond motifs is 1. The van der Waals surface area contributed by atoms with E-state index < -0.39 is 0 Å². The Bertz CT molecular complexity index is 320. The molecule has 1 aromatic rings. The number of allylic oxidation sites excluding steroid dienone is 1. The van der Waals surface area contributed by atoms with Gasteiger partial charge in [-0.15, -0.1) is 17.9 Å². The van der Waals surface area contributed by atoms with Crippen molar-refractivity contribution in [1.29, 1.82) is 0 Å². The molecule has 0 radical (unpaired) electrons. The smallest absolute Gasteiger partial charge is 0.0392 e. The van der Waals surface area contributed by atoms with Crippen LogP contribution < -0.4 is 5.73 Å². The predicted molar refractivity (Wildman–Crippen MR) is 70.5 cm³/mol. The number of rotatable bonds is 4. The minimum Gasteiger partial charge on any atom is -0.323 e. The lowest BCUT2D eigenvalue weighted by atomic mass is 10.1. The van der Waals surface area contributed by atoms with E-state index in [1.165, 1.54) is 28.4 Å². The van der Waals surface area contributed by atoms with Gasteiger partial charge in [0.05, 0.1) is 0 Å². The molecule has 0 aromatic carbocycles. The number of hydrogen-bond acceptors (Lipinski definition) is 3. The first-order valence-electron chi connectivity index (χ1n) is 5.37. The Morgan fingerprint density at radius 3 is 3.20 bits per heavy atom. The largest absolute Gasteiger partial charge is 0.323 e. The Balaban J connectivity index is 2.08. The Labute approximate surface area is 99.8 Å². The van der Waals surface area contributed by atoms with Crippen molar-refractivity contribution in [2.45, 2.75) is 31.1 Å². The van der Waals surface area contributed by atoms with Crippen LogP contribution in [0.3, 0.4) is 0 Å². The molecule has 0 amide bonds. The number of thiophene rings is 1. The molecular weight excluding hydrogens is 222 g/mol. The van der Waals surface area contributed by atoms with E-state index in [0.29, 0.717) is 0 Å². The second kappa shape index (κ2) is 5.19. The molecule has 15 heavy (non-hydrogen) atoms. The van der Waals surface area contributed by atoms with Crippen LogP contribution in [0.25, 0.3) is 0 Å². The van der Waals surface area contributed by atoms with Gasteiger partial charge in [-0.25, -0.2) is 0 Å². The Morgan fingerprint density at radius 1 is 1.60 bits per heavy atom. The van der Waals surface area contributed by atoms with Gasteiger partial charge < -0.3 is 5.73 Å². The molecule has 82 valence electrons. The van der Waals surface area contributed by atoms with Crippen molar-refractivity contribution < 1.29 is 0 Å². The minimum atomic E-state index is 0.212. The molecule has 1 unspecified atom stereocenters. The lowest BCUT2D eigenvalue weighted by Gasteiger charge is -2.08. The van der Waals surface area contributed by atoms with Crippen molar-refractivity contribution in [3.63, 3.8) is 0 Å². The molecular formula is C12H17NS2. The van der Waals surface area contributed by atoms with Gasteiger partial charge >= 0.3 is 0 Å². The summed E-state index contributed by atoms with van der Waals surface area (Å²) in [4.78, 5) is 2.93. The van der Waals surface area contributed by atoms with Crippen LogP contribution in [-0.2, 0) is 12.2 Å². The molecule has 1 aliphatic rings. The van der Waals surface area contributed by atoms with E-state index in [-0.39, 0.29) is 6.04 Å². The number of thioether (sulfide) groups is 1. The summed E-state index contributed by atoms with van der Waals surface area (Å²) in [6.45, 7) is 3.74. The highest BCUT2D eigenvalue weighted by molar-refractivity contribution is 7.98. The fourth-order valence-corrected chi connectivity index (χ4v) is 4.20. The SMILES string of the molecule is C=CCCC(N)c1cc2c(s1)CCSC2. The standard InChI is InChI=1S/C12H17NS2/c1-2-3-4-10(13)12-7-9-8-14-6-5-11(9)15-12/h2,7,10H,1,3-6,8,13H2. The molecule has 1 aliphatic heterocycles. The average molecular weight is 239 g/mol. The highest BCUT2D eigenvalue weighted by atomic mass is 32.2. The molecule has 0 spiro atoms. The highest BCUT2D eigenvalue weighted by Gasteiger charge is 2.16. The van der Waals surface area contributed by atoms with Gasteiger partial charge in [-0.1, -0.05) is 6.08 Å². The minimum absolute atomic E-state index is 0.212. The molecule has 0 saturated carbocycles. The Kier molecular flexibility index (Phi) is 3.89. The van der Waals surface area contributed by atoms with Crippen molar-refractivity contribution in [3.05, 3.63) is 34.0 Å². The van der Waals surface area contributed by atoms with Gasteiger partial charge in [0, 0.05) is 21.5 Å². The predicted octanol–water partition coefficient (Wildman–Crippen LogP) is 3.50. The van der Waals surface area contributed by atoms with E-state index in [0.717, 1.165) is 12.8 Å². The summed E-state index contributed by atoms with van der Waals surface area (Å²) in [7, 11) is 0. The first-order valence-corrected chi connectivity index (χ1v) is 7.34. The fraction of sp³-hybridized carbons (Fsp3) is 0.500. The molecule has 2 rings (SSSR count). The summed E-state index contributed by atoms with van der Waals surface area (Å²) in [5.41, 5.74) is 7.68. The van der Waals surface area contributed by atoms with Crippen molar-refractivity contribution in [3.8, 4) is 0 Å². The second-order valence-corrected chi connectivity index (χ2v) is 6.15. The van der Waals surface area contributed by atoms with Crippen LogP contribution in [-0.4, -0.2) is 5.75 Å². The monoisotopic (exact) mass is 239 g/mol. The molecule has 0 fully saturated rings. The molecule has 0 saturated heterocycles. The van der Waals surface area contributed by atoms with E-state index in [1.54, 1.807) is 4.88 Å². The Hall–Kier alpha value is -0.250. The first kappa shape index (κ1) is 11.2. The number of nitrogens with two attached hydrogens (primary N) is 1. The van der Waals surface area contributed by atoms with E-state index in [2.05, 4.69) is 12.6 Å². The quantitative estimate of drug-likeness (QED) is 0.814. The third kappa shape index (κ3) is 2.65. The molecule has 0 aliphatic carbocycles. The van der Waals surface area contributed by atoms with Gasteiger partial charge in [-0.05, 0) is 36.6 Å². The van der Waals surface area contributed by atoms with Crippen molar-refractivity contribution in [2.24, 2.45) is 5.73 Å². The van der Waals surface area contributed by atoms with Crippen molar-refractivity contribution in [1.82, 2.24) is 0 Å². The Morgan fingerprint density at radius 2 is 2.47 bits per heavy atom. The van der Waals surface area contributed by atoms with Gasteiger partial charge in [0.25, 0.3) is 0 Å². The molecule has 0 bridgehead atoms. The molecule has 1 nitrogen and oxygen atoms in total. The van der Waals surface area contributed by atoms with Crippen LogP contribution in [0.5, 0.6) is 0 Å². The fourth-order valence-electron chi connectivity index (χ4n) is 1.79. The van der Waals surface area contributed by atoms with Gasteiger partial charge in [-0.3, -0.25) is 0 Å². The summed E-state index contributed by atoms with van der Waals surface area (Å²) in [5, 5.41) is 0. The van der Waals surface area contributed by atoms with Crippen LogP contribution in [0.1, 0.15) is 34.2 Å². The van der Waals surface area contributed by atoms with E-state index in [4.69, 9.17) is 5.73 Å². The summed E-state index contributed by atoms with van der Waals surface area (Å²) < 4.78 is 0. The van der Waals surface area contributed by atoms with Gasteiger partial charge in [0.2, 0.25) is 0 Å². The van der Waals surface area contributed by atoms with E-state index >= 15 is 0 Å². The summed E-state index contributed by atoms with van der Waals surface area (Å²) >= 11 is 3.95. The van der Waals surface area contributed by atoms with Gasteiger partial charge in [-0.2, -0.15) is 11.8 Å². The lowest BCUT2D eigenvalue weighted by molar-refractivity contribution is 0.672. The maximum atomic E-state index is 6.15. The zero-order valence-electron chi connectivity index (χ0n) is 8.87. The third-order valence-corrected chi connectivity index (χ3v) is 5.07. The van der Waals surface area contributed by atoms with Gasteiger partial charge in [0.1, 0.15) is 0 Å². The zero-order valence-corrected chi connectivity index (χ0v) is 10.5. The molecule has 2 N–H and O–H groups in total. The van der Waals surface area contributed by atoms with Gasteiger partial charge in [0.15, 0.2) is 0 Å². The molecule has 1 aromatic heterocycles. The summed E-state index contributed by atoms with van der Waals surface area (Å²) in [6, 6.07) is 2.53. The van der Waals surface area contributed by atoms with Crippen molar-refractivity contribution >= 4 is 23.1 Å². The molecule has 2 heterocycles. The summed E-state index contributed by atoms with van der Waals surface area (Å²) in [6.07, 6.45) is 5.22. The van der Waals surface area contributed by atoms with Crippen LogP contribution >= 0.6 is 23.1 Å². The zero-order chi connectivity index (χ0) is 10.7. The lowest BCUT2D eigenvalue weighted by Crippen LogP contribution is -2.07. The van der Waals surface area contributed by atoms with E-state index in [9.17, 15) is 0 Å². The highest BCUT2D eigenvalue weighted by Crippen LogP contribution is 2.34. The number of hydrogen-bond donors (Lipinski definition) is 1. The average Bonchev–Trinajstić information content (AvgIpc) is 2.69. The van der Waals surface area contributed by atoms with Crippen LogP contribution in [0, 0.1) is 0 Å². The van der Waals surface area contributed by atoms with Crippen LogP contribution in [0.2, 0.25) is 0 Å². The number of aryl methyl sites for hydroxylation is 1. The molecule has 3 heteroatoms. The maximum Gasteiger partial charge on any atom is 0.0392 e. The van der Waals surface area contributed by atoms with Crippen LogP contribution in [0.15, 0.2) is 18.7 Å². The first-order chi connectivity index (χ1) is 7.31. The molecule has 1 atom stereocenters. The topological polar surface area (TPSA) is 26.0 Å². The summed E-state index contributed by atoms with van der Waals surface area (Å²) in [5.74, 6) is 2.45.